The van der Waals surface area contributed by atoms with E-state index in [2.05, 4.69) is 13.0 Å². The first-order valence-electron chi connectivity index (χ1n) is 2.87. The van der Waals surface area contributed by atoms with Gasteiger partial charge in [-0.2, -0.15) is 0 Å². The molecule has 0 fully saturated rings. The molecule has 1 aromatic heterocycles. The molecule has 0 bridgehead atoms. The fourth-order valence-electron chi connectivity index (χ4n) is 0.635. The third kappa shape index (κ3) is 1.12. The summed E-state index contributed by atoms with van der Waals surface area (Å²) < 4.78 is 5.02. The topological polar surface area (TPSA) is 13.1 Å². The van der Waals surface area contributed by atoms with Crippen molar-refractivity contribution in [1.29, 1.82) is 0 Å². The summed E-state index contributed by atoms with van der Waals surface area (Å²) in [5.41, 5.74) is 0. The average Bonchev–Trinajstić information content (AvgIpc) is 2.19. The van der Waals surface area contributed by atoms with Crippen molar-refractivity contribution in [3.8, 4) is 0 Å². The second-order valence-corrected chi connectivity index (χ2v) is 1.74. The fraction of sp³-hybridized carbons (Fsp3) is 0.429. The van der Waals surface area contributed by atoms with E-state index in [0.29, 0.717) is 0 Å². The lowest BCUT2D eigenvalue weighted by Gasteiger charge is -1.85. The number of hydrogen-bond acceptors (Lipinski definition) is 1. The normalized spacial score (nSPS) is 9.62. The van der Waals surface area contributed by atoms with E-state index < -0.39 is 0 Å². The molecule has 1 heteroatoms. The number of furan rings is 1. The highest BCUT2D eigenvalue weighted by atomic mass is 16.3. The molecule has 0 amide bonds. The van der Waals surface area contributed by atoms with Crippen LogP contribution in [0.1, 0.15) is 19.1 Å². The van der Waals surface area contributed by atoms with Gasteiger partial charge >= 0.3 is 0 Å². The molecule has 0 N–H and O–H groups in total. The first-order chi connectivity index (χ1) is 3.93. The molecule has 1 radical (unpaired) electrons. The molecule has 8 heavy (non-hydrogen) atoms. The number of rotatable bonds is 2. The molecule has 0 unspecified atom stereocenters. The molecule has 0 aliphatic heterocycles. The van der Waals surface area contributed by atoms with Crippen LogP contribution in [0.4, 0.5) is 0 Å². The molecule has 43 valence electrons. The zero-order chi connectivity index (χ0) is 5.82. The van der Waals surface area contributed by atoms with E-state index in [0.717, 1.165) is 18.6 Å². The van der Waals surface area contributed by atoms with Crippen molar-refractivity contribution >= 4 is 0 Å². The zero-order valence-electron chi connectivity index (χ0n) is 4.98. The van der Waals surface area contributed by atoms with E-state index in [1.54, 1.807) is 12.3 Å². The lowest BCUT2D eigenvalue weighted by molar-refractivity contribution is 0.505. The van der Waals surface area contributed by atoms with Crippen LogP contribution in [-0.2, 0) is 6.42 Å². The highest BCUT2D eigenvalue weighted by molar-refractivity contribution is 4.94. The van der Waals surface area contributed by atoms with Gasteiger partial charge in [-0.25, -0.2) is 0 Å². The van der Waals surface area contributed by atoms with Crippen molar-refractivity contribution in [3.05, 3.63) is 24.2 Å². The maximum atomic E-state index is 5.02. The lowest BCUT2D eigenvalue weighted by Crippen LogP contribution is -1.74. The van der Waals surface area contributed by atoms with E-state index in [-0.39, 0.29) is 0 Å². The van der Waals surface area contributed by atoms with Gasteiger partial charge in [0.05, 0.1) is 6.26 Å². The third-order valence-electron chi connectivity index (χ3n) is 1.000. The van der Waals surface area contributed by atoms with Gasteiger partial charge in [0.1, 0.15) is 5.76 Å². The van der Waals surface area contributed by atoms with E-state index in [1.165, 1.54) is 0 Å². The van der Waals surface area contributed by atoms with Crippen molar-refractivity contribution in [2.24, 2.45) is 0 Å². The molecule has 1 nitrogen and oxygen atoms in total. The quantitative estimate of drug-likeness (QED) is 0.566. The van der Waals surface area contributed by atoms with Gasteiger partial charge in [0.15, 0.2) is 0 Å². The smallest absolute Gasteiger partial charge is 0.111 e. The Balaban J connectivity index is 2.50. The second kappa shape index (κ2) is 2.55. The molecule has 0 saturated heterocycles. The molecule has 0 saturated carbocycles. The van der Waals surface area contributed by atoms with Crippen molar-refractivity contribution in [3.63, 3.8) is 0 Å². The van der Waals surface area contributed by atoms with Crippen LogP contribution in [0.5, 0.6) is 0 Å². The lowest BCUT2D eigenvalue weighted by atomic mass is 10.3. The number of hydrogen-bond donors (Lipinski definition) is 0. The molecule has 0 aromatic carbocycles. The SMILES string of the molecule is CCCc1[c]cco1. The Labute approximate surface area is 49.3 Å². The minimum Gasteiger partial charge on any atom is -0.469 e. The Bertz CT molecular complexity index is 130. The fourth-order valence-corrected chi connectivity index (χ4v) is 0.635. The molecule has 0 aliphatic carbocycles. The Morgan fingerprint density at radius 3 is 3.12 bits per heavy atom. The van der Waals surface area contributed by atoms with Gasteiger partial charge in [0.25, 0.3) is 0 Å². The predicted molar refractivity (Wildman–Crippen MR) is 31.5 cm³/mol. The van der Waals surface area contributed by atoms with Crippen molar-refractivity contribution in [2.45, 2.75) is 19.8 Å². The average molecular weight is 109 g/mol. The maximum Gasteiger partial charge on any atom is 0.111 e. The summed E-state index contributed by atoms with van der Waals surface area (Å²) in [7, 11) is 0. The van der Waals surface area contributed by atoms with E-state index in [9.17, 15) is 0 Å². The minimum absolute atomic E-state index is 0.965. The summed E-state index contributed by atoms with van der Waals surface area (Å²) in [6.45, 7) is 2.12. The first kappa shape index (κ1) is 5.42. The van der Waals surface area contributed by atoms with Gasteiger partial charge < -0.3 is 4.42 Å². The van der Waals surface area contributed by atoms with E-state index in [4.69, 9.17) is 4.42 Å². The predicted octanol–water partition coefficient (Wildman–Crippen LogP) is 2.03. The summed E-state index contributed by atoms with van der Waals surface area (Å²) in [4.78, 5) is 0. The largest absolute Gasteiger partial charge is 0.469 e. The number of aryl methyl sites for hydroxylation is 1. The molecular formula is C7H9O. The van der Waals surface area contributed by atoms with Crippen LogP contribution >= 0.6 is 0 Å². The molecular weight excluding hydrogens is 100 g/mol. The van der Waals surface area contributed by atoms with Crippen LogP contribution in [0.2, 0.25) is 0 Å². The Hall–Kier alpha value is -0.720. The van der Waals surface area contributed by atoms with Crippen LogP contribution in [-0.4, -0.2) is 0 Å². The maximum absolute atomic E-state index is 5.02. The monoisotopic (exact) mass is 109 g/mol. The standard InChI is InChI=1S/C7H9O/c1-2-4-7-5-3-6-8-7/h3,6H,2,4H2,1H3. The molecule has 1 aromatic rings. The summed E-state index contributed by atoms with van der Waals surface area (Å²) >= 11 is 0. The highest BCUT2D eigenvalue weighted by Gasteiger charge is 1.89. The van der Waals surface area contributed by atoms with Crippen molar-refractivity contribution in [2.75, 3.05) is 0 Å². The van der Waals surface area contributed by atoms with Crippen LogP contribution in [0, 0.1) is 6.07 Å². The molecule has 0 aliphatic rings. The molecule has 0 atom stereocenters. The second-order valence-electron chi connectivity index (χ2n) is 1.74. The van der Waals surface area contributed by atoms with Gasteiger partial charge in [-0.15, -0.1) is 0 Å². The summed E-state index contributed by atoms with van der Waals surface area (Å²) in [5, 5.41) is 0. The van der Waals surface area contributed by atoms with E-state index in [1.807, 2.05) is 0 Å². The highest BCUT2D eigenvalue weighted by Crippen LogP contribution is 2.00. The minimum atomic E-state index is 0.965. The zero-order valence-corrected chi connectivity index (χ0v) is 4.98. The summed E-state index contributed by atoms with van der Waals surface area (Å²) in [5.74, 6) is 0.965. The summed E-state index contributed by atoms with van der Waals surface area (Å²) in [6.07, 6.45) is 3.79. The Kier molecular flexibility index (Phi) is 1.73. The summed E-state index contributed by atoms with van der Waals surface area (Å²) in [6, 6.07) is 4.77. The first-order valence-corrected chi connectivity index (χ1v) is 2.87. The third-order valence-corrected chi connectivity index (χ3v) is 1.000. The van der Waals surface area contributed by atoms with Gasteiger partial charge in [-0.3, -0.25) is 0 Å². The Morgan fingerprint density at radius 1 is 1.75 bits per heavy atom. The van der Waals surface area contributed by atoms with Crippen LogP contribution < -0.4 is 0 Å². The van der Waals surface area contributed by atoms with Gasteiger partial charge in [-0.1, -0.05) is 6.92 Å². The Morgan fingerprint density at radius 2 is 2.62 bits per heavy atom. The molecule has 0 spiro atoms. The van der Waals surface area contributed by atoms with Gasteiger partial charge in [-0.05, 0) is 12.5 Å². The van der Waals surface area contributed by atoms with Crippen LogP contribution in [0.3, 0.4) is 0 Å². The van der Waals surface area contributed by atoms with Gasteiger partial charge in [0, 0.05) is 12.5 Å². The van der Waals surface area contributed by atoms with Gasteiger partial charge in [0.2, 0.25) is 0 Å². The molecule has 1 heterocycles. The van der Waals surface area contributed by atoms with Crippen molar-refractivity contribution in [1.82, 2.24) is 0 Å². The van der Waals surface area contributed by atoms with Crippen LogP contribution in [0.25, 0.3) is 0 Å². The van der Waals surface area contributed by atoms with Crippen LogP contribution in [0.15, 0.2) is 16.7 Å². The van der Waals surface area contributed by atoms with Crippen molar-refractivity contribution < 1.29 is 4.42 Å². The van der Waals surface area contributed by atoms with E-state index >= 15 is 0 Å². The molecule has 1 rings (SSSR count).